The van der Waals surface area contributed by atoms with Gasteiger partial charge in [0.15, 0.2) is 0 Å². The molecule has 1 aliphatic heterocycles. The van der Waals surface area contributed by atoms with Crippen molar-refractivity contribution in [3.05, 3.63) is 35.9 Å². The van der Waals surface area contributed by atoms with E-state index >= 15 is 0 Å². The molecule has 0 spiro atoms. The first-order valence-electron chi connectivity index (χ1n) is 7.31. The Morgan fingerprint density at radius 1 is 1.32 bits per heavy atom. The summed E-state index contributed by atoms with van der Waals surface area (Å²) in [6.45, 7) is 2.24. The van der Waals surface area contributed by atoms with Gasteiger partial charge in [0.1, 0.15) is 18.4 Å². The lowest BCUT2D eigenvalue weighted by molar-refractivity contribution is -0.138. The molecule has 22 heavy (non-hydrogen) atoms. The lowest BCUT2D eigenvalue weighted by Gasteiger charge is -2.31. The summed E-state index contributed by atoms with van der Waals surface area (Å²) in [5, 5.41) is 2.58. The van der Waals surface area contributed by atoms with Crippen LogP contribution in [-0.4, -0.2) is 41.8 Å². The van der Waals surface area contributed by atoms with E-state index in [-0.39, 0.29) is 24.8 Å². The van der Waals surface area contributed by atoms with Crippen molar-refractivity contribution in [2.24, 2.45) is 0 Å². The third-order valence-corrected chi connectivity index (χ3v) is 3.45. The number of likely N-dealkylation sites (tertiary alicyclic amines) is 1. The molecule has 1 aliphatic rings. The van der Waals surface area contributed by atoms with E-state index < -0.39 is 12.1 Å². The molecule has 1 unspecified atom stereocenters. The van der Waals surface area contributed by atoms with Gasteiger partial charge in [0.2, 0.25) is 5.91 Å². The van der Waals surface area contributed by atoms with E-state index in [1.165, 1.54) is 11.8 Å². The smallest absolute Gasteiger partial charge is 0.408 e. The Bertz CT molecular complexity index is 544. The number of piperidine rings is 1. The van der Waals surface area contributed by atoms with Crippen molar-refractivity contribution in [2.45, 2.75) is 32.4 Å². The topological polar surface area (TPSA) is 75.7 Å². The zero-order valence-corrected chi connectivity index (χ0v) is 12.6. The number of hydrogen-bond donors (Lipinski definition) is 1. The van der Waals surface area contributed by atoms with Crippen LogP contribution in [0.15, 0.2) is 30.3 Å². The summed E-state index contributed by atoms with van der Waals surface area (Å²) < 4.78 is 5.11. The number of nitrogens with one attached hydrogen (secondary N) is 1. The molecule has 2 rings (SSSR count). The Kier molecular flexibility index (Phi) is 5.52. The minimum Gasteiger partial charge on any atom is -0.445 e. The number of rotatable bonds is 5. The fourth-order valence-electron chi connectivity index (χ4n) is 2.41. The van der Waals surface area contributed by atoms with Crippen molar-refractivity contribution in [3.8, 4) is 0 Å². The molecule has 1 atom stereocenters. The van der Waals surface area contributed by atoms with Crippen LogP contribution in [0.2, 0.25) is 0 Å². The number of amides is 2. The molecule has 118 valence electrons. The predicted octanol–water partition coefficient (Wildman–Crippen LogP) is 1.49. The summed E-state index contributed by atoms with van der Waals surface area (Å²) in [4.78, 5) is 36.6. The van der Waals surface area contributed by atoms with Gasteiger partial charge in [-0.25, -0.2) is 4.79 Å². The van der Waals surface area contributed by atoms with Crippen LogP contribution in [-0.2, 0) is 20.9 Å². The largest absolute Gasteiger partial charge is 0.445 e. The van der Waals surface area contributed by atoms with Crippen molar-refractivity contribution in [1.29, 1.82) is 0 Å². The molecule has 2 amide bonds. The second-order valence-electron chi connectivity index (χ2n) is 5.36. The Balaban J connectivity index is 1.82. The number of hydrogen-bond acceptors (Lipinski definition) is 4. The SMILES string of the molecule is CC(=O)CN1CCCC(NC(=O)OCc2ccccc2)C1=O. The average Bonchev–Trinajstić information content (AvgIpc) is 2.50. The first-order chi connectivity index (χ1) is 10.6. The standard InChI is InChI=1S/C16H20N2O4/c1-12(19)10-18-9-5-8-14(15(18)20)17-16(21)22-11-13-6-3-2-4-7-13/h2-4,6-7,14H,5,8-11H2,1H3,(H,17,21). The fourth-order valence-corrected chi connectivity index (χ4v) is 2.41. The molecular formula is C16H20N2O4. The Labute approximate surface area is 129 Å². The lowest BCUT2D eigenvalue weighted by atomic mass is 10.0. The third-order valence-electron chi connectivity index (χ3n) is 3.45. The van der Waals surface area contributed by atoms with Gasteiger partial charge < -0.3 is 15.0 Å². The van der Waals surface area contributed by atoms with Crippen LogP contribution in [0.3, 0.4) is 0 Å². The van der Waals surface area contributed by atoms with Crippen LogP contribution in [0.4, 0.5) is 4.79 Å². The summed E-state index contributed by atoms with van der Waals surface area (Å²) >= 11 is 0. The lowest BCUT2D eigenvalue weighted by Crippen LogP contribution is -2.53. The van der Waals surface area contributed by atoms with Crippen molar-refractivity contribution in [2.75, 3.05) is 13.1 Å². The van der Waals surface area contributed by atoms with Gasteiger partial charge in [-0.1, -0.05) is 30.3 Å². The molecule has 1 saturated heterocycles. The molecule has 0 aromatic heterocycles. The first-order valence-corrected chi connectivity index (χ1v) is 7.31. The third kappa shape index (κ3) is 4.58. The van der Waals surface area contributed by atoms with Crippen molar-refractivity contribution in [1.82, 2.24) is 10.2 Å². The van der Waals surface area contributed by atoms with Gasteiger partial charge >= 0.3 is 6.09 Å². The van der Waals surface area contributed by atoms with Crippen LogP contribution in [0.25, 0.3) is 0 Å². The molecule has 1 aromatic carbocycles. The molecular weight excluding hydrogens is 284 g/mol. The number of Topliss-reactive ketones (excluding diaryl/α,β-unsaturated/α-hetero) is 1. The fraction of sp³-hybridized carbons (Fsp3) is 0.438. The number of nitrogens with zero attached hydrogens (tertiary/aromatic N) is 1. The van der Waals surface area contributed by atoms with E-state index in [2.05, 4.69) is 5.32 Å². The number of alkyl carbamates (subject to hydrolysis) is 1. The minimum atomic E-state index is -0.619. The highest BCUT2D eigenvalue weighted by Crippen LogP contribution is 2.12. The van der Waals surface area contributed by atoms with Gasteiger partial charge in [0.05, 0.1) is 6.54 Å². The quantitative estimate of drug-likeness (QED) is 0.894. The molecule has 1 fully saturated rings. The maximum atomic E-state index is 12.2. The number of ether oxygens (including phenoxy) is 1. The molecule has 1 aromatic rings. The Morgan fingerprint density at radius 2 is 2.05 bits per heavy atom. The van der Waals surface area contributed by atoms with Gasteiger partial charge in [0.25, 0.3) is 0 Å². The summed E-state index contributed by atoms with van der Waals surface area (Å²) in [6, 6.07) is 8.70. The van der Waals surface area contributed by atoms with Crippen LogP contribution < -0.4 is 5.32 Å². The molecule has 6 nitrogen and oxygen atoms in total. The van der Waals surface area contributed by atoms with E-state index in [4.69, 9.17) is 4.74 Å². The normalized spacial score (nSPS) is 18.0. The maximum Gasteiger partial charge on any atom is 0.408 e. The van der Waals surface area contributed by atoms with Gasteiger partial charge in [-0.2, -0.15) is 0 Å². The minimum absolute atomic E-state index is 0.0688. The Hall–Kier alpha value is -2.37. The average molecular weight is 304 g/mol. The van der Waals surface area contributed by atoms with E-state index in [1.807, 2.05) is 30.3 Å². The summed E-state index contributed by atoms with van der Waals surface area (Å²) in [6.07, 6.45) is 0.697. The van der Waals surface area contributed by atoms with Crippen LogP contribution in [0, 0.1) is 0 Å². The summed E-state index contributed by atoms with van der Waals surface area (Å²) in [7, 11) is 0. The zero-order chi connectivity index (χ0) is 15.9. The first kappa shape index (κ1) is 16.0. The molecule has 1 N–H and O–H groups in total. The zero-order valence-electron chi connectivity index (χ0n) is 12.6. The van der Waals surface area contributed by atoms with Crippen molar-refractivity contribution >= 4 is 17.8 Å². The van der Waals surface area contributed by atoms with Gasteiger partial charge in [-0.15, -0.1) is 0 Å². The Morgan fingerprint density at radius 3 is 2.73 bits per heavy atom. The van der Waals surface area contributed by atoms with E-state index in [0.29, 0.717) is 13.0 Å². The highest BCUT2D eigenvalue weighted by molar-refractivity contribution is 5.89. The number of carbonyl (C=O) groups is 3. The predicted molar refractivity (Wildman–Crippen MR) is 80.0 cm³/mol. The highest BCUT2D eigenvalue weighted by atomic mass is 16.5. The van der Waals surface area contributed by atoms with Crippen molar-refractivity contribution in [3.63, 3.8) is 0 Å². The molecule has 0 bridgehead atoms. The number of ketones is 1. The van der Waals surface area contributed by atoms with Crippen LogP contribution in [0.1, 0.15) is 25.3 Å². The second-order valence-corrected chi connectivity index (χ2v) is 5.36. The molecule has 0 aliphatic carbocycles. The monoisotopic (exact) mass is 304 g/mol. The number of benzene rings is 1. The van der Waals surface area contributed by atoms with Crippen LogP contribution in [0.5, 0.6) is 0 Å². The van der Waals surface area contributed by atoms with E-state index in [1.54, 1.807) is 0 Å². The second kappa shape index (κ2) is 7.59. The molecule has 0 radical (unpaired) electrons. The molecule has 6 heteroatoms. The summed E-state index contributed by atoms with van der Waals surface area (Å²) in [5.74, 6) is -0.293. The maximum absolute atomic E-state index is 12.2. The van der Waals surface area contributed by atoms with Gasteiger partial charge in [-0.3, -0.25) is 9.59 Å². The van der Waals surface area contributed by atoms with Crippen LogP contribution >= 0.6 is 0 Å². The highest BCUT2D eigenvalue weighted by Gasteiger charge is 2.30. The van der Waals surface area contributed by atoms with E-state index in [0.717, 1.165) is 12.0 Å². The summed E-state index contributed by atoms with van der Waals surface area (Å²) in [5.41, 5.74) is 0.880. The van der Waals surface area contributed by atoms with E-state index in [9.17, 15) is 14.4 Å². The van der Waals surface area contributed by atoms with Crippen molar-refractivity contribution < 1.29 is 19.1 Å². The van der Waals surface area contributed by atoms with Gasteiger partial charge in [-0.05, 0) is 25.3 Å². The van der Waals surface area contributed by atoms with Gasteiger partial charge in [0, 0.05) is 6.54 Å². The number of carbonyl (C=O) groups excluding carboxylic acids is 3. The molecule has 0 saturated carbocycles. The molecule has 1 heterocycles.